The number of hydrogen-bond acceptors (Lipinski definition) is 6. The van der Waals surface area contributed by atoms with E-state index in [2.05, 4.69) is 24.0 Å². The third-order valence-corrected chi connectivity index (χ3v) is 8.16. The van der Waals surface area contributed by atoms with Gasteiger partial charge in [-0.15, -0.1) is 0 Å². The molecule has 2 aliphatic rings. The van der Waals surface area contributed by atoms with E-state index in [4.69, 9.17) is 9.47 Å². The van der Waals surface area contributed by atoms with Gasteiger partial charge in [-0.25, -0.2) is 8.42 Å². The van der Waals surface area contributed by atoms with Gasteiger partial charge in [-0.3, -0.25) is 4.79 Å². The third-order valence-electron chi connectivity index (χ3n) is 6.24. The summed E-state index contributed by atoms with van der Waals surface area (Å²) in [6, 6.07) is 13.2. The summed E-state index contributed by atoms with van der Waals surface area (Å²) in [5.74, 6) is 0.195. The molecule has 2 saturated heterocycles. The summed E-state index contributed by atoms with van der Waals surface area (Å²) >= 11 is 0. The average molecular weight is 486 g/mol. The van der Waals surface area contributed by atoms with Crippen molar-refractivity contribution in [3.63, 3.8) is 0 Å². The molecule has 0 spiro atoms. The Hall–Kier alpha value is -2.88. The van der Waals surface area contributed by atoms with Crippen molar-refractivity contribution in [1.29, 1.82) is 0 Å². The standard InChI is InChI=1S/C25H31N3O5S/c1-20-5-3-4-6-22(20)26-11-13-27(14-12-26)25(29)10-8-21-7-9-23(32-2)24(19-21)34(30,31)28-15-17-33-18-16-28/h3-10,19H,11-18H2,1-2H3/b10-8+. The van der Waals surface area contributed by atoms with E-state index in [0.29, 0.717) is 45.0 Å². The number of anilines is 1. The first-order chi connectivity index (χ1) is 16.4. The smallest absolute Gasteiger partial charge is 0.246 e. The topological polar surface area (TPSA) is 79.4 Å². The quantitative estimate of drug-likeness (QED) is 0.585. The van der Waals surface area contributed by atoms with E-state index in [1.807, 2.05) is 17.0 Å². The molecule has 2 aliphatic heterocycles. The number of methoxy groups -OCH3 is 1. The largest absolute Gasteiger partial charge is 0.495 e. The molecular weight excluding hydrogens is 454 g/mol. The van der Waals surface area contributed by atoms with Crippen LogP contribution in [0.4, 0.5) is 5.69 Å². The van der Waals surface area contributed by atoms with Crippen LogP contribution in [0.2, 0.25) is 0 Å². The lowest BCUT2D eigenvalue weighted by Gasteiger charge is -2.36. The van der Waals surface area contributed by atoms with Crippen molar-refractivity contribution in [3.8, 4) is 5.75 Å². The van der Waals surface area contributed by atoms with Crippen LogP contribution in [0, 0.1) is 6.92 Å². The molecule has 4 rings (SSSR count). The highest BCUT2D eigenvalue weighted by atomic mass is 32.2. The molecule has 2 aromatic carbocycles. The zero-order valence-electron chi connectivity index (χ0n) is 19.6. The highest BCUT2D eigenvalue weighted by Gasteiger charge is 2.29. The molecule has 2 aromatic rings. The van der Waals surface area contributed by atoms with E-state index in [1.165, 1.54) is 28.7 Å². The van der Waals surface area contributed by atoms with Gasteiger partial charge in [-0.2, -0.15) is 4.31 Å². The number of rotatable bonds is 6. The highest BCUT2D eigenvalue weighted by molar-refractivity contribution is 7.89. The Balaban J connectivity index is 1.44. The van der Waals surface area contributed by atoms with E-state index in [1.54, 1.807) is 24.3 Å². The molecule has 0 aromatic heterocycles. The Bertz CT molecular complexity index is 1150. The molecule has 0 unspecified atom stereocenters. The van der Waals surface area contributed by atoms with E-state index < -0.39 is 10.0 Å². The first-order valence-electron chi connectivity index (χ1n) is 11.4. The number of para-hydroxylation sites is 1. The minimum atomic E-state index is -3.73. The van der Waals surface area contributed by atoms with Gasteiger partial charge in [0.25, 0.3) is 0 Å². The lowest BCUT2D eigenvalue weighted by Crippen LogP contribution is -2.48. The lowest BCUT2D eigenvalue weighted by molar-refractivity contribution is -0.126. The Morgan fingerprint density at radius 1 is 1.00 bits per heavy atom. The van der Waals surface area contributed by atoms with Crippen LogP contribution >= 0.6 is 0 Å². The highest BCUT2D eigenvalue weighted by Crippen LogP contribution is 2.29. The van der Waals surface area contributed by atoms with Gasteiger partial charge >= 0.3 is 0 Å². The lowest BCUT2D eigenvalue weighted by atomic mass is 10.1. The van der Waals surface area contributed by atoms with Gasteiger partial charge < -0.3 is 19.3 Å². The Morgan fingerprint density at radius 2 is 1.71 bits per heavy atom. The van der Waals surface area contributed by atoms with Crippen LogP contribution < -0.4 is 9.64 Å². The third kappa shape index (κ3) is 5.27. The number of ether oxygens (including phenoxy) is 2. The SMILES string of the molecule is COc1ccc(/C=C/C(=O)N2CCN(c3ccccc3C)CC2)cc1S(=O)(=O)N1CCOCC1. The van der Waals surface area contributed by atoms with Gasteiger partial charge in [-0.05, 0) is 42.3 Å². The molecule has 0 saturated carbocycles. The van der Waals surface area contributed by atoms with Crippen LogP contribution in [0.3, 0.4) is 0 Å². The monoisotopic (exact) mass is 485 g/mol. The number of benzene rings is 2. The molecule has 0 aliphatic carbocycles. The number of carbonyl (C=O) groups excluding carboxylic acids is 1. The van der Waals surface area contributed by atoms with E-state index in [-0.39, 0.29) is 16.6 Å². The maximum atomic E-state index is 13.2. The van der Waals surface area contributed by atoms with Gasteiger partial charge in [0.2, 0.25) is 15.9 Å². The van der Waals surface area contributed by atoms with Crippen LogP contribution in [-0.2, 0) is 19.6 Å². The first-order valence-corrected chi connectivity index (χ1v) is 12.9. The number of morpholine rings is 1. The van der Waals surface area contributed by atoms with Crippen LogP contribution in [0.15, 0.2) is 53.4 Å². The summed E-state index contributed by atoms with van der Waals surface area (Å²) in [4.78, 5) is 17.0. The van der Waals surface area contributed by atoms with Crippen molar-refractivity contribution >= 4 is 27.7 Å². The predicted octanol–water partition coefficient (Wildman–Crippen LogP) is 2.39. The Morgan fingerprint density at radius 3 is 2.38 bits per heavy atom. The van der Waals surface area contributed by atoms with Crippen LogP contribution in [0.1, 0.15) is 11.1 Å². The fourth-order valence-corrected chi connectivity index (χ4v) is 5.88. The molecule has 1 amide bonds. The normalized spacial score (nSPS) is 17.8. The second-order valence-corrected chi connectivity index (χ2v) is 10.3. The first kappa shape index (κ1) is 24.3. The summed E-state index contributed by atoms with van der Waals surface area (Å²) in [7, 11) is -2.28. The summed E-state index contributed by atoms with van der Waals surface area (Å²) < 4.78 is 38.3. The zero-order chi connectivity index (χ0) is 24.1. The Kier molecular flexibility index (Phi) is 7.55. The molecule has 2 heterocycles. The van der Waals surface area contributed by atoms with Crippen molar-refractivity contribution in [2.75, 3.05) is 64.5 Å². The van der Waals surface area contributed by atoms with Crippen LogP contribution in [-0.4, -0.2) is 83.1 Å². The van der Waals surface area contributed by atoms with Gasteiger partial charge in [-0.1, -0.05) is 24.3 Å². The molecule has 34 heavy (non-hydrogen) atoms. The molecule has 182 valence electrons. The second kappa shape index (κ2) is 10.6. The van der Waals surface area contributed by atoms with Gasteiger partial charge in [0, 0.05) is 51.0 Å². The van der Waals surface area contributed by atoms with Crippen molar-refractivity contribution < 1.29 is 22.7 Å². The second-order valence-electron chi connectivity index (χ2n) is 8.36. The molecule has 9 heteroatoms. The number of piperazine rings is 1. The predicted molar refractivity (Wildman–Crippen MR) is 132 cm³/mol. The number of sulfonamides is 1. The maximum Gasteiger partial charge on any atom is 0.246 e. The van der Waals surface area contributed by atoms with Crippen molar-refractivity contribution in [2.45, 2.75) is 11.8 Å². The van der Waals surface area contributed by atoms with E-state index in [9.17, 15) is 13.2 Å². The van der Waals surface area contributed by atoms with Crippen LogP contribution in [0.25, 0.3) is 6.08 Å². The molecule has 8 nitrogen and oxygen atoms in total. The Labute approximate surface area is 201 Å². The fraction of sp³-hybridized carbons (Fsp3) is 0.400. The summed E-state index contributed by atoms with van der Waals surface area (Å²) in [5, 5.41) is 0. The van der Waals surface area contributed by atoms with Crippen molar-refractivity contribution in [1.82, 2.24) is 9.21 Å². The van der Waals surface area contributed by atoms with Gasteiger partial charge in [0.15, 0.2) is 0 Å². The number of nitrogens with zero attached hydrogens (tertiary/aromatic N) is 3. The van der Waals surface area contributed by atoms with E-state index in [0.717, 1.165) is 13.1 Å². The van der Waals surface area contributed by atoms with Crippen LogP contribution in [0.5, 0.6) is 5.75 Å². The number of amides is 1. The van der Waals surface area contributed by atoms with E-state index >= 15 is 0 Å². The molecular formula is C25H31N3O5S. The average Bonchev–Trinajstić information content (AvgIpc) is 2.88. The summed E-state index contributed by atoms with van der Waals surface area (Å²) in [6.45, 7) is 6.26. The molecule has 0 bridgehead atoms. The minimum Gasteiger partial charge on any atom is -0.495 e. The summed E-state index contributed by atoms with van der Waals surface area (Å²) in [5.41, 5.74) is 3.06. The minimum absolute atomic E-state index is 0.0853. The molecule has 0 N–H and O–H groups in total. The number of carbonyl (C=O) groups is 1. The fourth-order valence-electron chi connectivity index (χ4n) is 4.28. The summed E-state index contributed by atoms with van der Waals surface area (Å²) in [6.07, 6.45) is 3.17. The molecule has 0 radical (unpaired) electrons. The zero-order valence-corrected chi connectivity index (χ0v) is 20.5. The van der Waals surface area contributed by atoms with Crippen molar-refractivity contribution in [3.05, 3.63) is 59.7 Å². The van der Waals surface area contributed by atoms with Crippen molar-refractivity contribution in [2.24, 2.45) is 0 Å². The molecule has 2 fully saturated rings. The molecule has 0 atom stereocenters. The van der Waals surface area contributed by atoms with Gasteiger partial charge in [0.05, 0.1) is 20.3 Å². The number of hydrogen-bond donors (Lipinski definition) is 0. The maximum absolute atomic E-state index is 13.2. The van der Waals surface area contributed by atoms with Gasteiger partial charge in [0.1, 0.15) is 10.6 Å². The number of aryl methyl sites for hydroxylation is 1.